The molecule has 7 rings (SSSR count). The second kappa shape index (κ2) is 10.4. The zero-order chi connectivity index (χ0) is 30.6. The van der Waals surface area contributed by atoms with Gasteiger partial charge in [0.2, 0.25) is 5.91 Å². The van der Waals surface area contributed by atoms with Gasteiger partial charge < -0.3 is 19.5 Å². The number of fused-ring (bicyclic) bond motifs is 4. The van der Waals surface area contributed by atoms with E-state index in [2.05, 4.69) is 24.3 Å². The Morgan fingerprint density at radius 3 is 2.18 bits per heavy atom. The van der Waals surface area contributed by atoms with Crippen molar-refractivity contribution < 1.29 is 24.2 Å². The van der Waals surface area contributed by atoms with Gasteiger partial charge in [0.1, 0.15) is 29.6 Å². The third-order valence-corrected chi connectivity index (χ3v) is 9.32. The monoisotopic (exact) mass is 588 g/mol. The molecule has 3 aliphatic rings. The molecule has 44 heavy (non-hydrogen) atoms. The Bertz CT molecular complexity index is 1680. The average Bonchev–Trinajstić information content (AvgIpc) is 3.69. The van der Waals surface area contributed by atoms with E-state index in [4.69, 9.17) is 9.47 Å². The van der Waals surface area contributed by atoms with Crippen LogP contribution >= 0.6 is 0 Å². The standard InChI is InChI=1S/C37H36N2O5/c1-36(2,3)33-30(20-21-38(33)35(41)42)44-26-18-19-28-31(22-26)43-23-37(28)27-16-10-11-17-29(27)39(34(37)40)32(24-12-6-4-7-13-24)25-14-8-5-9-15-25/h4-19,22,30,32-33H,20-21,23H2,1-3H3,(H,41,42)/t30-,33?,37?/m0/s1. The maximum absolute atomic E-state index is 14.9. The topological polar surface area (TPSA) is 79.3 Å². The highest BCUT2D eigenvalue weighted by molar-refractivity contribution is 6.12. The molecule has 4 aromatic carbocycles. The zero-order valence-corrected chi connectivity index (χ0v) is 25.1. The van der Waals surface area contributed by atoms with Gasteiger partial charge in [-0.15, -0.1) is 0 Å². The van der Waals surface area contributed by atoms with Gasteiger partial charge in [-0.05, 0) is 34.2 Å². The van der Waals surface area contributed by atoms with Crippen LogP contribution in [0.1, 0.15) is 55.5 Å². The molecule has 1 fully saturated rings. The normalized spacial score (nSPS) is 22.3. The molecule has 0 saturated carbocycles. The van der Waals surface area contributed by atoms with Crippen LogP contribution in [0.5, 0.6) is 11.5 Å². The van der Waals surface area contributed by atoms with Crippen molar-refractivity contribution >= 4 is 17.7 Å². The summed E-state index contributed by atoms with van der Waals surface area (Å²) in [6, 6.07) is 33.4. The van der Waals surface area contributed by atoms with Gasteiger partial charge >= 0.3 is 6.09 Å². The van der Waals surface area contributed by atoms with Crippen LogP contribution in [0.25, 0.3) is 0 Å². The van der Waals surface area contributed by atoms with Gasteiger partial charge in [0.05, 0.1) is 12.1 Å². The van der Waals surface area contributed by atoms with Crippen LogP contribution in [-0.2, 0) is 10.2 Å². The lowest BCUT2D eigenvalue weighted by molar-refractivity contribution is -0.122. The molecule has 2 amide bonds. The molecule has 7 heteroatoms. The van der Waals surface area contributed by atoms with Crippen molar-refractivity contribution in [3.63, 3.8) is 0 Å². The number of ether oxygens (including phenoxy) is 2. The molecule has 0 aliphatic carbocycles. The first-order valence-electron chi connectivity index (χ1n) is 15.2. The van der Waals surface area contributed by atoms with Crippen molar-refractivity contribution in [3.05, 3.63) is 125 Å². The van der Waals surface area contributed by atoms with E-state index in [-0.39, 0.29) is 36.1 Å². The van der Waals surface area contributed by atoms with Crippen LogP contribution in [0, 0.1) is 5.41 Å². The molecule has 3 aliphatic heterocycles. The van der Waals surface area contributed by atoms with Crippen LogP contribution < -0.4 is 14.4 Å². The van der Waals surface area contributed by atoms with E-state index < -0.39 is 11.5 Å². The molecule has 0 aromatic heterocycles. The summed E-state index contributed by atoms with van der Waals surface area (Å²) in [7, 11) is 0. The molecule has 3 heterocycles. The highest BCUT2D eigenvalue weighted by Gasteiger charge is 2.58. The molecule has 1 N–H and O–H groups in total. The van der Waals surface area contributed by atoms with Crippen LogP contribution in [0.3, 0.4) is 0 Å². The first-order valence-corrected chi connectivity index (χ1v) is 15.2. The van der Waals surface area contributed by atoms with Gasteiger partial charge in [-0.1, -0.05) is 106 Å². The molecule has 7 nitrogen and oxygen atoms in total. The summed E-state index contributed by atoms with van der Waals surface area (Å²) in [5, 5.41) is 9.80. The van der Waals surface area contributed by atoms with Gasteiger partial charge in [0, 0.05) is 30.3 Å². The fraction of sp³-hybridized carbons (Fsp3) is 0.297. The minimum Gasteiger partial charge on any atom is -0.491 e. The second-order valence-corrected chi connectivity index (χ2v) is 13.0. The van der Waals surface area contributed by atoms with Gasteiger partial charge in [-0.25, -0.2) is 4.79 Å². The van der Waals surface area contributed by atoms with E-state index in [1.165, 1.54) is 4.90 Å². The van der Waals surface area contributed by atoms with Crippen molar-refractivity contribution in [1.82, 2.24) is 4.90 Å². The minimum absolute atomic E-state index is 0.0236. The molecule has 1 spiro atoms. The smallest absolute Gasteiger partial charge is 0.407 e. The van der Waals surface area contributed by atoms with Crippen LogP contribution in [0.4, 0.5) is 10.5 Å². The highest BCUT2D eigenvalue weighted by atomic mass is 16.5. The first-order chi connectivity index (χ1) is 21.2. The Labute approximate surface area is 257 Å². The van der Waals surface area contributed by atoms with E-state index >= 15 is 0 Å². The fourth-order valence-corrected chi connectivity index (χ4v) is 7.51. The Hall–Kier alpha value is -4.78. The number of hydrogen-bond acceptors (Lipinski definition) is 4. The largest absolute Gasteiger partial charge is 0.491 e. The van der Waals surface area contributed by atoms with Gasteiger partial charge in [0.25, 0.3) is 0 Å². The quantitative estimate of drug-likeness (QED) is 0.270. The molecule has 224 valence electrons. The molecule has 0 radical (unpaired) electrons. The van der Waals surface area contributed by atoms with Crippen molar-refractivity contribution in [2.75, 3.05) is 18.1 Å². The first kappa shape index (κ1) is 28.0. The van der Waals surface area contributed by atoms with Gasteiger partial charge in [-0.2, -0.15) is 0 Å². The summed E-state index contributed by atoms with van der Waals surface area (Å²) in [5.74, 6) is 1.20. The Morgan fingerprint density at radius 1 is 0.909 bits per heavy atom. The lowest BCUT2D eigenvalue weighted by atomic mass is 9.77. The summed E-state index contributed by atoms with van der Waals surface area (Å²) in [4.78, 5) is 30.3. The number of para-hydroxylation sites is 1. The molecule has 4 aromatic rings. The predicted octanol–water partition coefficient (Wildman–Crippen LogP) is 7.05. The van der Waals surface area contributed by atoms with Crippen molar-refractivity contribution in [2.24, 2.45) is 5.41 Å². The maximum atomic E-state index is 14.9. The van der Waals surface area contributed by atoms with E-state index in [0.29, 0.717) is 24.5 Å². The summed E-state index contributed by atoms with van der Waals surface area (Å²) in [5.41, 5.74) is 3.39. The summed E-state index contributed by atoms with van der Waals surface area (Å²) >= 11 is 0. The number of rotatable bonds is 5. The second-order valence-electron chi connectivity index (χ2n) is 13.0. The third-order valence-electron chi connectivity index (χ3n) is 9.32. The minimum atomic E-state index is -0.992. The van der Waals surface area contributed by atoms with E-state index in [1.54, 1.807) is 0 Å². The average molecular weight is 589 g/mol. The van der Waals surface area contributed by atoms with Crippen molar-refractivity contribution in [1.29, 1.82) is 0 Å². The predicted molar refractivity (Wildman–Crippen MR) is 168 cm³/mol. The number of carboxylic acid groups (broad SMARTS) is 1. The number of amides is 2. The maximum Gasteiger partial charge on any atom is 0.407 e. The molecule has 3 atom stereocenters. The number of benzene rings is 4. The van der Waals surface area contributed by atoms with E-state index in [0.717, 1.165) is 27.9 Å². The number of carbonyl (C=O) groups excluding carboxylic acids is 1. The summed E-state index contributed by atoms with van der Waals surface area (Å²) < 4.78 is 12.8. The number of hydrogen-bond donors (Lipinski definition) is 1. The Kier molecular flexibility index (Phi) is 6.65. The van der Waals surface area contributed by atoms with Gasteiger partial charge in [-0.3, -0.25) is 9.69 Å². The molecular weight excluding hydrogens is 552 g/mol. The van der Waals surface area contributed by atoms with E-state index in [1.807, 2.05) is 105 Å². The fourth-order valence-electron chi connectivity index (χ4n) is 7.51. The summed E-state index contributed by atoms with van der Waals surface area (Å²) in [6.07, 6.45) is -0.610. The van der Waals surface area contributed by atoms with Crippen LogP contribution in [0.2, 0.25) is 0 Å². The van der Waals surface area contributed by atoms with Crippen molar-refractivity contribution in [2.45, 2.75) is 50.8 Å². The SMILES string of the molecule is CC(C)(C)C1[C@@H](Oc2ccc3c(c2)OCC32C(=O)N(C(c3ccccc3)c3ccccc3)c3ccccc32)CCN1C(=O)O. The summed E-state index contributed by atoms with van der Waals surface area (Å²) in [6.45, 7) is 6.74. The number of likely N-dealkylation sites (tertiary alicyclic amines) is 1. The molecule has 1 saturated heterocycles. The lowest BCUT2D eigenvalue weighted by Crippen LogP contribution is -2.48. The lowest BCUT2D eigenvalue weighted by Gasteiger charge is -2.36. The molecular formula is C37H36N2O5. The number of carbonyl (C=O) groups is 2. The number of anilines is 1. The van der Waals surface area contributed by atoms with Crippen LogP contribution in [0.15, 0.2) is 103 Å². The van der Waals surface area contributed by atoms with Crippen molar-refractivity contribution in [3.8, 4) is 11.5 Å². The molecule has 0 bridgehead atoms. The Morgan fingerprint density at radius 2 is 1.55 bits per heavy atom. The zero-order valence-electron chi connectivity index (χ0n) is 25.1. The van der Waals surface area contributed by atoms with Crippen LogP contribution in [-0.4, -0.2) is 47.3 Å². The third kappa shape index (κ3) is 4.33. The van der Waals surface area contributed by atoms with E-state index in [9.17, 15) is 14.7 Å². The highest BCUT2D eigenvalue weighted by Crippen LogP contribution is 2.55. The molecule has 2 unspecified atom stereocenters. The Balaban J connectivity index is 1.27. The van der Waals surface area contributed by atoms with Gasteiger partial charge in [0.15, 0.2) is 0 Å². The number of nitrogens with zero attached hydrogens (tertiary/aromatic N) is 2.